The molecule has 1 atom stereocenters. The van der Waals surface area contributed by atoms with Crippen LogP contribution >= 0.6 is 39.9 Å². The van der Waals surface area contributed by atoms with E-state index in [1.807, 2.05) is 30.3 Å². The van der Waals surface area contributed by atoms with Gasteiger partial charge in [0.1, 0.15) is 15.8 Å². The molecule has 0 saturated carbocycles. The number of thiocarbonyl (C=S) groups is 1. The number of aliphatic carboxylic acids is 1. The molecule has 1 aliphatic rings. The standard InChI is InChI=1S/C22H14BrNO4S2/c23-15-8-6-13(7-9-15)17-11-10-16(28-17)12-18-20(25)24(22(29)30-18)19(21(26)27)14-4-2-1-3-5-14/h1-12,19H,(H,26,27)/b18-12-/t19-/m0/s1. The number of carbonyl (C=O) groups is 2. The third-order valence-corrected chi connectivity index (χ3v) is 6.32. The first kappa shape index (κ1) is 20.6. The molecule has 0 unspecified atom stereocenters. The number of nitrogens with zero attached hydrogens (tertiary/aromatic N) is 1. The zero-order valence-corrected chi connectivity index (χ0v) is 18.5. The van der Waals surface area contributed by atoms with Crippen LogP contribution in [-0.2, 0) is 9.59 Å². The second-order valence-electron chi connectivity index (χ2n) is 6.41. The lowest BCUT2D eigenvalue weighted by molar-refractivity contribution is -0.145. The zero-order valence-electron chi connectivity index (χ0n) is 15.3. The molecule has 8 heteroatoms. The Balaban J connectivity index is 1.62. The Labute approximate surface area is 190 Å². The molecule has 1 aromatic heterocycles. The van der Waals surface area contributed by atoms with E-state index in [0.717, 1.165) is 26.7 Å². The van der Waals surface area contributed by atoms with Gasteiger partial charge in [-0.25, -0.2) is 4.79 Å². The van der Waals surface area contributed by atoms with Crippen molar-refractivity contribution in [3.05, 3.63) is 87.4 Å². The van der Waals surface area contributed by atoms with E-state index in [1.54, 1.807) is 42.5 Å². The molecule has 5 nitrogen and oxygen atoms in total. The molecule has 0 aliphatic carbocycles. The fourth-order valence-electron chi connectivity index (χ4n) is 3.07. The molecule has 1 fully saturated rings. The Morgan fingerprint density at radius 2 is 1.80 bits per heavy atom. The third kappa shape index (κ3) is 4.12. The fourth-order valence-corrected chi connectivity index (χ4v) is 4.63. The van der Waals surface area contributed by atoms with Gasteiger partial charge in [-0.05, 0) is 29.8 Å². The van der Waals surface area contributed by atoms with E-state index in [1.165, 1.54) is 0 Å². The normalized spacial score (nSPS) is 16.3. The van der Waals surface area contributed by atoms with Gasteiger partial charge in [-0.15, -0.1) is 0 Å². The summed E-state index contributed by atoms with van der Waals surface area (Å²) in [5.41, 5.74) is 1.39. The maximum absolute atomic E-state index is 13.0. The van der Waals surface area contributed by atoms with Gasteiger partial charge in [-0.3, -0.25) is 9.69 Å². The Morgan fingerprint density at radius 1 is 1.10 bits per heavy atom. The van der Waals surface area contributed by atoms with Crippen molar-refractivity contribution in [3.63, 3.8) is 0 Å². The summed E-state index contributed by atoms with van der Waals surface area (Å²) in [6, 6.07) is 18.6. The summed E-state index contributed by atoms with van der Waals surface area (Å²) in [5.74, 6) is -0.450. The lowest BCUT2D eigenvalue weighted by atomic mass is 10.1. The van der Waals surface area contributed by atoms with Crippen molar-refractivity contribution in [2.75, 3.05) is 0 Å². The number of rotatable bonds is 5. The predicted octanol–water partition coefficient (Wildman–Crippen LogP) is 5.74. The number of amides is 1. The van der Waals surface area contributed by atoms with Crippen molar-refractivity contribution < 1.29 is 19.1 Å². The van der Waals surface area contributed by atoms with Crippen LogP contribution in [0.15, 0.2) is 80.5 Å². The number of hydrogen-bond acceptors (Lipinski definition) is 5. The van der Waals surface area contributed by atoms with Crippen molar-refractivity contribution in [1.29, 1.82) is 0 Å². The van der Waals surface area contributed by atoms with Crippen molar-refractivity contribution in [1.82, 2.24) is 4.90 Å². The molecule has 0 bridgehead atoms. The van der Waals surface area contributed by atoms with Crippen molar-refractivity contribution in [2.24, 2.45) is 0 Å². The summed E-state index contributed by atoms with van der Waals surface area (Å²) in [7, 11) is 0. The van der Waals surface area contributed by atoms with Crippen LogP contribution in [0.5, 0.6) is 0 Å². The summed E-state index contributed by atoms with van der Waals surface area (Å²) in [4.78, 5) is 26.4. The molecular formula is C22H14BrNO4S2. The maximum Gasteiger partial charge on any atom is 0.331 e. The number of carboxylic acids is 1. The number of benzene rings is 2. The van der Waals surface area contributed by atoms with E-state index >= 15 is 0 Å². The van der Waals surface area contributed by atoms with E-state index in [4.69, 9.17) is 16.6 Å². The van der Waals surface area contributed by atoms with Gasteiger partial charge in [0, 0.05) is 16.1 Å². The first-order valence-electron chi connectivity index (χ1n) is 8.84. The van der Waals surface area contributed by atoms with Crippen LogP contribution in [0.4, 0.5) is 0 Å². The predicted molar refractivity (Wildman–Crippen MR) is 124 cm³/mol. The van der Waals surface area contributed by atoms with Gasteiger partial charge in [0.2, 0.25) is 0 Å². The number of carboxylic acid groups (broad SMARTS) is 1. The highest BCUT2D eigenvalue weighted by molar-refractivity contribution is 9.10. The van der Waals surface area contributed by atoms with E-state index < -0.39 is 17.9 Å². The van der Waals surface area contributed by atoms with Gasteiger partial charge < -0.3 is 9.52 Å². The molecule has 4 rings (SSSR count). The number of carbonyl (C=O) groups excluding carboxylic acids is 1. The molecule has 1 amide bonds. The van der Waals surface area contributed by atoms with Crippen LogP contribution in [0, 0.1) is 0 Å². The number of halogens is 1. The minimum Gasteiger partial charge on any atom is -0.479 e. The monoisotopic (exact) mass is 499 g/mol. The van der Waals surface area contributed by atoms with Crippen molar-refractivity contribution >= 4 is 62.2 Å². The molecule has 1 N–H and O–H groups in total. The topological polar surface area (TPSA) is 70.8 Å². The molecule has 0 spiro atoms. The Kier molecular flexibility index (Phi) is 5.90. The molecule has 2 heterocycles. The van der Waals surface area contributed by atoms with E-state index in [2.05, 4.69) is 15.9 Å². The molecule has 150 valence electrons. The van der Waals surface area contributed by atoms with Crippen LogP contribution in [-0.4, -0.2) is 26.2 Å². The highest BCUT2D eigenvalue weighted by Gasteiger charge is 2.41. The van der Waals surface area contributed by atoms with Crippen LogP contribution in [0.3, 0.4) is 0 Å². The SMILES string of the molecule is O=C(O)[C@H](c1ccccc1)N1C(=O)/C(=C/c2ccc(-c3ccc(Br)cc3)o2)SC1=S. The summed E-state index contributed by atoms with van der Waals surface area (Å²) >= 11 is 9.79. The first-order valence-corrected chi connectivity index (χ1v) is 10.9. The largest absolute Gasteiger partial charge is 0.479 e. The highest BCUT2D eigenvalue weighted by Crippen LogP contribution is 2.38. The minimum absolute atomic E-state index is 0.196. The number of thioether (sulfide) groups is 1. The average Bonchev–Trinajstić information content (AvgIpc) is 3.30. The molecule has 1 saturated heterocycles. The quantitative estimate of drug-likeness (QED) is 0.356. The Bertz CT molecular complexity index is 1160. The zero-order chi connectivity index (χ0) is 21.3. The van der Waals surface area contributed by atoms with Crippen LogP contribution < -0.4 is 0 Å². The molecule has 2 aromatic carbocycles. The van der Waals surface area contributed by atoms with Crippen LogP contribution in [0.2, 0.25) is 0 Å². The van der Waals surface area contributed by atoms with Gasteiger partial charge >= 0.3 is 5.97 Å². The lowest BCUT2D eigenvalue weighted by Crippen LogP contribution is -2.37. The van der Waals surface area contributed by atoms with Gasteiger partial charge in [0.25, 0.3) is 5.91 Å². The molecule has 0 radical (unpaired) electrons. The third-order valence-electron chi connectivity index (χ3n) is 4.46. The molecule has 30 heavy (non-hydrogen) atoms. The highest BCUT2D eigenvalue weighted by atomic mass is 79.9. The summed E-state index contributed by atoms with van der Waals surface area (Å²) < 4.78 is 7.01. The van der Waals surface area contributed by atoms with Crippen molar-refractivity contribution in [2.45, 2.75) is 6.04 Å². The second kappa shape index (κ2) is 8.59. The number of hydrogen-bond donors (Lipinski definition) is 1. The lowest BCUT2D eigenvalue weighted by Gasteiger charge is -2.23. The van der Waals surface area contributed by atoms with Crippen LogP contribution in [0.25, 0.3) is 17.4 Å². The second-order valence-corrected chi connectivity index (χ2v) is 9.00. The van der Waals surface area contributed by atoms with Gasteiger partial charge in [0.05, 0.1) is 4.91 Å². The molecular weight excluding hydrogens is 486 g/mol. The average molecular weight is 500 g/mol. The smallest absolute Gasteiger partial charge is 0.331 e. The Hall–Kier alpha value is -2.68. The van der Waals surface area contributed by atoms with Crippen LogP contribution in [0.1, 0.15) is 17.4 Å². The van der Waals surface area contributed by atoms with Crippen molar-refractivity contribution in [3.8, 4) is 11.3 Å². The minimum atomic E-state index is -1.18. The Morgan fingerprint density at radius 3 is 2.47 bits per heavy atom. The summed E-state index contributed by atoms with van der Waals surface area (Å²) in [6.07, 6.45) is 1.59. The van der Waals surface area contributed by atoms with Gasteiger partial charge in [-0.1, -0.05) is 82.4 Å². The maximum atomic E-state index is 13.0. The van der Waals surface area contributed by atoms with Gasteiger partial charge in [0.15, 0.2) is 6.04 Å². The summed E-state index contributed by atoms with van der Waals surface area (Å²) in [6.45, 7) is 0. The molecule has 3 aromatic rings. The van der Waals surface area contributed by atoms with Gasteiger partial charge in [-0.2, -0.15) is 0 Å². The van der Waals surface area contributed by atoms with E-state index in [-0.39, 0.29) is 4.32 Å². The van der Waals surface area contributed by atoms with E-state index in [0.29, 0.717) is 22.0 Å². The summed E-state index contributed by atoms with van der Waals surface area (Å²) in [5, 5.41) is 9.74. The molecule has 1 aliphatic heterocycles. The first-order chi connectivity index (χ1) is 14.4. The van der Waals surface area contributed by atoms with E-state index in [9.17, 15) is 14.7 Å². The fraction of sp³-hybridized carbons (Fsp3) is 0.0455. The number of furan rings is 1.